The van der Waals surface area contributed by atoms with Crippen molar-refractivity contribution in [2.75, 3.05) is 23.3 Å². The number of piperidine rings is 1. The molecular formula is C30H37Cl2F2N7O2. The number of carbonyl (C=O) groups excluding carboxylic acids is 2. The molecule has 4 N–H and O–H groups in total. The van der Waals surface area contributed by atoms with Gasteiger partial charge in [0.1, 0.15) is 22.8 Å². The predicted octanol–water partition coefficient (Wildman–Crippen LogP) is 6.81. The number of H-pyrrole nitrogens is 1. The molecule has 2 amide bonds. The molecule has 0 unspecified atom stereocenters. The number of pyridine rings is 1. The maximum Gasteiger partial charge on any atom is 0.255 e. The van der Waals surface area contributed by atoms with Crippen LogP contribution >= 0.6 is 23.2 Å². The van der Waals surface area contributed by atoms with Crippen LogP contribution < -0.4 is 20.9 Å². The van der Waals surface area contributed by atoms with Crippen LogP contribution in [-0.4, -0.2) is 52.1 Å². The average Bonchev–Trinajstić information content (AvgIpc) is 3.37. The lowest BCUT2D eigenvalue weighted by molar-refractivity contribution is -0.128. The molecule has 0 radical (unpaired) electrons. The number of amides is 2. The van der Waals surface area contributed by atoms with Gasteiger partial charge in [-0.15, -0.1) is 0 Å². The number of fused-ring (bicyclic) bond motifs is 1. The number of aromatic nitrogens is 3. The molecule has 1 aliphatic carbocycles. The third-order valence-electron chi connectivity index (χ3n) is 7.96. The predicted molar refractivity (Wildman–Crippen MR) is 166 cm³/mol. The van der Waals surface area contributed by atoms with Gasteiger partial charge in [0, 0.05) is 31.1 Å². The van der Waals surface area contributed by atoms with Crippen LogP contribution in [0, 0.1) is 11.2 Å². The van der Waals surface area contributed by atoms with Gasteiger partial charge in [-0.05, 0) is 43.4 Å². The molecule has 2 fully saturated rings. The molecule has 232 valence electrons. The van der Waals surface area contributed by atoms with Gasteiger partial charge < -0.3 is 25.8 Å². The van der Waals surface area contributed by atoms with E-state index in [2.05, 4.69) is 25.9 Å². The summed E-state index contributed by atoms with van der Waals surface area (Å²) in [5, 5.41) is 8.76. The molecule has 0 spiro atoms. The van der Waals surface area contributed by atoms with E-state index in [-0.39, 0.29) is 46.1 Å². The summed E-state index contributed by atoms with van der Waals surface area (Å²) in [4.78, 5) is 40.1. The second-order valence-electron chi connectivity index (χ2n) is 12.4. The molecule has 3 aromatic rings. The van der Waals surface area contributed by atoms with E-state index in [1.165, 1.54) is 12.5 Å². The van der Waals surface area contributed by atoms with Crippen molar-refractivity contribution in [1.82, 2.24) is 25.6 Å². The van der Waals surface area contributed by atoms with Crippen molar-refractivity contribution in [3.05, 3.63) is 39.1 Å². The summed E-state index contributed by atoms with van der Waals surface area (Å²) < 4.78 is 28.8. The first kappa shape index (κ1) is 31.3. The fourth-order valence-corrected chi connectivity index (χ4v) is 5.93. The molecule has 1 aromatic carbocycles. The molecule has 0 atom stereocenters. The number of anilines is 3. The molecule has 9 nitrogen and oxygen atoms in total. The Morgan fingerprint density at radius 3 is 2.42 bits per heavy atom. The van der Waals surface area contributed by atoms with E-state index in [4.69, 9.17) is 28.2 Å². The van der Waals surface area contributed by atoms with E-state index in [0.29, 0.717) is 54.0 Å². The van der Waals surface area contributed by atoms with Crippen LogP contribution in [-0.2, 0) is 11.3 Å². The van der Waals surface area contributed by atoms with Crippen molar-refractivity contribution in [3.8, 4) is 0 Å². The SMILES string of the molecule is CC(C)(C)C(=O)NCc1cc(F)c(Cl)c(Nc2nc3nc(N4CCC(F)CC4)c(C(=O)NC4CCCCC4)cc3[nH]2)c1Cl. The molecule has 1 saturated carbocycles. The number of carbonyl (C=O) groups is 2. The fourth-order valence-electron chi connectivity index (χ4n) is 5.42. The van der Waals surface area contributed by atoms with Crippen LogP contribution in [0.15, 0.2) is 12.1 Å². The molecule has 43 heavy (non-hydrogen) atoms. The lowest BCUT2D eigenvalue weighted by Gasteiger charge is -2.31. The third-order valence-corrected chi connectivity index (χ3v) is 8.76. The Labute approximate surface area is 259 Å². The second-order valence-corrected chi connectivity index (χ2v) is 13.1. The largest absolute Gasteiger partial charge is 0.356 e. The Kier molecular flexibility index (Phi) is 9.31. The lowest BCUT2D eigenvalue weighted by Crippen LogP contribution is -2.39. The van der Waals surface area contributed by atoms with Gasteiger partial charge in [-0.25, -0.2) is 13.8 Å². The van der Waals surface area contributed by atoms with E-state index >= 15 is 0 Å². The monoisotopic (exact) mass is 635 g/mol. The molecule has 1 saturated heterocycles. The fraction of sp³-hybridized carbons (Fsp3) is 0.533. The maximum atomic E-state index is 14.8. The Morgan fingerprint density at radius 1 is 1.05 bits per heavy atom. The highest BCUT2D eigenvalue weighted by Gasteiger charge is 2.28. The van der Waals surface area contributed by atoms with Gasteiger partial charge in [-0.1, -0.05) is 63.2 Å². The number of benzene rings is 1. The zero-order valence-electron chi connectivity index (χ0n) is 24.6. The summed E-state index contributed by atoms with van der Waals surface area (Å²) >= 11 is 12.9. The topological polar surface area (TPSA) is 115 Å². The molecular weight excluding hydrogens is 599 g/mol. The van der Waals surface area contributed by atoms with Crippen LogP contribution in [0.25, 0.3) is 11.2 Å². The average molecular weight is 637 g/mol. The van der Waals surface area contributed by atoms with E-state index in [9.17, 15) is 18.4 Å². The summed E-state index contributed by atoms with van der Waals surface area (Å²) in [7, 11) is 0. The molecule has 2 aromatic heterocycles. The molecule has 2 aliphatic rings. The zero-order chi connectivity index (χ0) is 30.9. The summed E-state index contributed by atoms with van der Waals surface area (Å²) in [6, 6.07) is 2.97. The van der Waals surface area contributed by atoms with E-state index in [1.807, 2.05) is 4.90 Å². The number of nitrogens with zero attached hydrogens (tertiary/aromatic N) is 3. The quantitative estimate of drug-likeness (QED) is 0.212. The number of hydrogen-bond donors (Lipinski definition) is 4. The summed E-state index contributed by atoms with van der Waals surface area (Å²) in [6.07, 6.45) is 5.00. The highest BCUT2D eigenvalue weighted by Crippen LogP contribution is 2.38. The van der Waals surface area contributed by atoms with Gasteiger partial charge in [-0.2, -0.15) is 4.98 Å². The van der Waals surface area contributed by atoms with Crippen LogP contribution in [0.1, 0.15) is 81.6 Å². The highest BCUT2D eigenvalue weighted by atomic mass is 35.5. The van der Waals surface area contributed by atoms with Crippen molar-refractivity contribution >= 4 is 63.6 Å². The molecule has 5 rings (SSSR count). The number of aromatic amines is 1. The van der Waals surface area contributed by atoms with Crippen molar-refractivity contribution in [1.29, 1.82) is 0 Å². The minimum atomic E-state index is -0.881. The first-order valence-electron chi connectivity index (χ1n) is 14.7. The van der Waals surface area contributed by atoms with Crippen LogP contribution in [0.4, 0.5) is 26.2 Å². The summed E-state index contributed by atoms with van der Waals surface area (Å²) in [6.45, 7) is 6.18. The molecule has 3 heterocycles. The van der Waals surface area contributed by atoms with E-state index in [1.54, 1.807) is 26.8 Å². The molecule has 13 heteroatoms. The lowest BCUT2D eigenvalue weighted by atomic mass is 9.95. The van der Waals surface area contributed by atoms with Crippen LogP contribution in [0.3, 0.4) is 0 Å². The van der Waals surface area contributed by atoms with Crippen molar-refractivity contribution in [3.63, 3.8) is 0 Å². The van der Waals surface area contributed by atoms with Crippen molar-refractivity contribution in [2.45, 2.75) is 84.5 Å². The van der Waals surface area contributed by atoms with Crippen molar-refractivity contribution < 1.29 is 18.4 Å². The standard InChI is InChI=1S/C30H37Cl2F2N7O2/c1-30(2,3)28(43)35-15-16-13-20(34)23(32)24(22(16)31)38-29-37-21-14-19(27(42)36-18-7-5-4-6-8-18)26(39-25(21)40-29)41-11-9-17(33)10-12-41/h13-14,17-18H,4-12,15H2,1-3H3,(H,35,43)(H,36,42)(H2,37,38,39,40). The Bertz CT molecular complexity index is 1510. The van der Waals surface area contributed by atoms with Gasteiger partial charge >= 0.3 is 0 Å². The summed E-state index contributed by atoms with van der Waals surface area (Å²) in [5.41, 5.74) is 0.939. The third kappa shape index (κ3) is 7.15. The van der Waals surface area contributed by atoms with E-state index in [0.717, 1.165) is 25.7 Å². The van der Waals surface area contributed by atoms with Gasteiger partial charge in [0.05, 0.1) is 21.8 Å². The number of nitrogens with one attached hydrogen (secondary N) is 4. The Balaban J connectivity index is 1.45. The van der Waals surface area contributed by atoms with E-state index < -0.39 is 17.4 Å². The van der Waals surface area contributed by atoms with Crippen molar-refractivity contribution in [2.24, 2.45) is 5.41 Å². The number of halogens is 4. The Hall–Kier alpha value is -3.18. The number of rotatable bonds is 7. The molecule has 0 bridgehead atoms. The number of imidazole rings is 1. The molecule has 1 aliphatic heterocycles. The van der Waals surface area contributed by atoms with Gasteiger partial charge in [0.15, 0.2) is 5.65 Å². The minimum Gasteiger partial charge on any atom is -0.356 e. The van der Waals surface area contributed by atoms with Crippen LogP contribution in [0.5, 0.6) is 0 Å². The Morgan fingerprint density at radius 2 is 1.74 bits per heavy atom. The maximum absolute atomic E-state index is 14.8. The number of hydrogen-bond acceptors (Lipinski definition) is 6. The van der Waals surface area contributed by atoms with Crippen LogP contribution in [0.2, 0.25) is 10.0 Å². The van der Waals surface area contributed by atoms with Gasteiger partial charge in [-0.3, -0.25) is 9.59 Å². The minimum absolute atomic E-state index is 0.00219. The van der Waals surface area contributed by atoms with Gasteiger partial charge in [0.2, 0.25) is 11.9 Å². The van der Waals surface area contributed by atoms with Gasteiger partial charge in [0.25, 0.3) is 5.91 Å². The first-order valence-corrected chi connectivity index (χ1v) is 15.5. The smallest absolute Gasteiger partial charge is 0.255 e. The first-order chi connectivity index (χ1) is 20.4. The normalized spacial score (nSPS) is 16.9. The zero-order valence-corrected chi connectivity index (χ0v) is 26.1. The summed E-state index contributed by atoms with van der Waals surface area (Å²) in [5.74, 6) is -0.542. The second kappa shape index (κ2) is 12.8. The number of alkyl halides is 1. The highest BCUT2D eigenvalue weighted by molar-refractivity contribution is 6.39.